The van der Waals surface area contributed by atoms with Crippen LogP contribution in [0.5, 0.6) is 5.75 Å². The topological polar surface area (TPSA) is 41.6 Å². The molecule has 98 valence electrons. The first-order chi connectivity index (χ1) is 8.70. The number of nitrogens with one attached hydrogen (secondary N) is 1. The van der Waals surface area contributed by atoms with Gasteiger partial charge < -0.3 is 15.0 Å². The number of anilines is 1. The van der Waals surface area contributed by atoms with E-state index in [1.54, 1.807) is 23.1 Å². The lowest BCUT2D eigenvalue weighted by Gasteiger charge is -2.18. The van der Waals surface area contributed by atoms with Crippen molar-refractivity contribution < 1.29 is 9.53 Å². The number of rotatable bonds is 3. The van der Waals surface area contributed by atoms with Crippen LogP contribution in [0.15, 0.2) is 18.2 Å². The zero-order valence-corrected chi connectivity index (χ0v) is 11.2. The van der Waals surface area contributed by atoms with E-state index in [-0.39, 0.29) is 6.03 Å². The van der Waals surface area contributed by atoms with Crippen LogP contribution in [-0.2, 0) is 0 Å². The molecule has 0 atom stereocenters. The van der Waals surface area contributed by atoms with Crippen LogP contribution in [0.4, 0.5) is 10.5 Å². The molecule has 1 saturated heterocycles. The fourth-order valence-corrected chi connectivity index (χ4v) is 2.17. The first kappa shape index (κ1) is 13.0. The van der Waals surface area contributed by atoms with Crippen molar-refractivity contribution >= 4 is 23.3 Å². The molecule has 0 spiro atoms. The van der Waals surface area contributed by atoms with Gasteiger partial charge in [-0.2, -0.15) is 0 Å². The van der Waals surface area contributed by atoms with Gasteiger partial charge >= 0.3 is 6.03 Å². The average Bonchev–Trinajstić information content (AvgIpc) is 2.86. The summed E-state index contributed by atoms with van der Waals surface area (Å²) in [6.07, 6.45) is 2.14. The Bertz CT molecular complexity index is 431. The number of halogens is 1. The zero-order valence-electron chi connectivity index (χ0n) is 10.4. The van der Waals surface area contributed by atoms with Crippen molar-refractivity contribution in [1.82, 2.24) is 4.90 Å². The van der Waals surface area contributed by atoms with Crippen molar-refractivity contribution in [3.05, 3.63) is 23.2 Å². The molecule has 4 nitrogen and oxygen atoms in total. The van der Waals surface area contributed by atoms with E-state index in [1.807, 2.05) is 6.92 Å². The molecule has 1 N–H and O–H groups in total. The number of amides is 2. The lowest BCUT2D eigenvalue weighted by molar-refractivity contribution is 0.222. The highest BCUT2D eigenvalue weighted by atomic mass is 35.5. The van der Waals surface area contributed by atoms with Crippen molar-refractivity contribution in [1.29, 1.82) is 0 Å². The van der Waals surface area contributed by atoms with Gasteiger partial charge in [-0.25, -0.2) is 4.79 Å². The summed E-state index contributed by atoms with van der Waals surface area (Å²) in [6, 6.07) is 5.14. The van der Waals surface area contributed by atoms with E-state index >= 15 is 0 Å². The Kier molecular flexibility index (Phi) is 4.31. The Morgan fingerprint density at radius 3 is 2.83 bits per heavy atom. The first-order valence-corrected chi connectivity index (χ1v) is 6.57. The molecule has 0 aliphatic carbocycles. The third-order valence-corrected chi connectivity index (χ3v) is 3.11. The Labute approximate surface area is 112 Å². The van der Waals surface area contributed by atoms with Crippen LogP contribution in [0.3, 0.4) is 0 Å². The van der Waals surface area contributed by atoms with Crippen molar-refractivity contribution in [3.63, 3.8) is 0 Å². The lowest BCUT2D eigenvalue weighted by Crippen LogP contribution is -2.32. The van der Waals surface area contributed by atoms with Crippen LogP contribution in [0.1, 0.15) is 19.8 Å². The molecule has 0 bridgehead atoms. The predicted molar refractivity (Wildman–Crippen MR) is 72.4 cm³/mol. The molecular weight excluding hydrogens is 252 g/mol. The minimum absolute atomic E-state index is 0.0873. The smallest absolute Gasteiger partial charge is 0.321 e. The van der Waals surface area contributed by atoms with E-state index in [4.69, 9.17) is 16.3 Å². The van der Waals surface area contributed by atoms with Crippen LogP contribution in [0.2, 0.25) is 5.02 Å². The Hall–Kier alpha value is -1.42. The van der Waals surface area contributed by atoms with Gasteiger partial charge in [-0.15, -0.1) is 0 Å². The molecule has 1 aliphatic rings. The number of hydrogen-bond acceptors (Lipinski definition) is 2. The van der Waals surface area contributed by atoms with Gasteiger partial charge in [0, 0.05) is 18.1 Å². The second kappa shape index (κ2) is 5.96. The summed E-state index contributed by atoms with van der Waals surface area (Å²) in [5.41, 5.74) is 0.626. The summed E-state index contributed by atoms with van der Waals surface area (Å²) in [5.74, 6) is 0.648. The minimum atomic E-state index is -0.0873. The highest BCUT2D eigenvalue weighted by Gasteiger charge is 2.19. The maximum absolute atomic E-state index is 12.0. The monoisotopic (exact) mass is 268 g/mol. The summed E-state index contributed by atoms with van der Waals surface area (Å²) in [6.45, 7) is 4.08. The third kappa shape index (κ3) is 3.07. The van der Waals surface area contributed by atoms with E-state index in [1.165, 1.54) is 0 Å². The van der Waals surface area contributed by atoms with Gasteiger partial charge in [0.2, 0.25) is 0 Å². The van der Waals surface area contributed by atoms with Gasteiger partial charge in [-0.05, 0) is 38.0 Å². The minimum Gasteiger partial charge on any atom is -0.492 e. The molecule has 1 aliphatic heterocycles. The molecule has 1 aromatic rings. The van der Waals surface area contributed by atoms with Gasteiger partial charge in [-0.3, -0.25) is 0 Å². The van der Waals surface area contributed by atoms with Crippen LogP contribution >= 0.6 is 11.6 Å². The van der Waals surface area contributed by atoms with Gasteiger partial charge in [-0.1, -0.05) is 11.6 Å². The van der Waals surface area contributed by atoms with Crippen molar-refractivity contribution in [2.24, 2.45) is 0 Å². The molecule has 0 radical (unpaired) electrons. The number of ether oxygens (including phenoxy) is 1. The number of nitrogens with zero attached hydrogens (tertiary/aromatic N) is 1. The highest BCUT2D eigenvalue weighted by Crippen LogP contribution is 2.28. The molecule has 0 aromatic heterocycles. The van der Waals surface area contributed by atoms with Gasteiger partial charge in [0.15, 0.2) is 0 Å². The normalized spacial score (nSPS) is 14.7. The van der Waals surface area contributed by atoms with Crippen LogP contribution in [0.25, 0.3) is 0 Å². The van der Waals surface area contributed by atoms with Crippen molar-refractivity contribution in [2.45, 2.75) is 19.8 Å². The molecule has 18 heavy (non-hydrogen) atoms. The van der Waals surface area contributed by atoms with Gasteiger partial charge in [0.1, 0.15) is 5.75 Å². The molecule has 2 rings (SSSR count). The molecule has 1 aromatic carbocycles. The Morgan fingerprint density at radius 1 is 1.44 bits per heavy atom. The maximum Gasteiger partial charge on any atom is 0.321 e. The SMILES string of the molecule is CCOc1ccc(Cl)cc1NC(=O)N1CCCC1. The van der Waals surface area contributed by atoms with Crippen LogP contribution < -0.4 is 10.1 Å². The maximum atomic E-state index is 12.0. The fraction of sp³-hybridized carbons (Fsp3) is 0.462. The van der Waals surface area contributed by atoms with Crippen molar-refractivity contribution in [3.8, 4) is 5.75 Å². The number of benzene rings is 1. The highest BCUT2D eigenvalue weighted by molar-refractivity contribution is 6.31. The Balaban J connectivity index is 2.11. The van der Waals surface area contributed by atoms with E-state index < -0.39 is 0 Å². The number of urea groups is 1. The average molecular weight is 269 g/mol. The second-order valence-electron chi connectivity index (χ2n) is 4.20. The third-order valence-electron chi connectivity index (χ3n) is 2.88. The zero-order chi connectivity index (χ0) is 13.0. The molecule has 5 heteroatoms. The second-order valence-corrected chi connectivity index (χ2v) is 4.63. The van der Waals surface area contributed by atoms with E-state index in [2.05, 4.69) is 5.32 Å². The molecule has 0 saturated carbocycles. The number of hydrogen-bond donors (Lipinski definition) is 1. The predicted octanol–water partition coefficient (Wildman–Crippen LogP) is 3.37. The summed E-state index contributed by atoms with van der Waals surface area (Å²) in [4.78, 5) is 13.8. The molecule has 2 amide bonds. The lowest BCUT2D eigenvalue weighted by atomic mass is 10.3. The van der Waals surface area contributed by atoms with Gasteiger partial charge in [0.05, 0.1) is 12.3 Å². The summed E-state index contributed by atoms with van der Waals surface area (Å²) >= 11 is 5.94. The number of likely N-dealkylation sites (tertiary alicyclic amines) is 1. The first-order valence-electron chi connectivity index (χ1n) is 6.19. The molecule has 1 fully saturated rings. The summed E-state index contributed by atoms with van der Waals surface area (Å²) in [7, 11) is 0. The van der Waals surface area contributed by atoms with Gasteiger partial charge in [0.25, 0.3) is 0 Å². The van der Waals surface area contributed by atoms with E-state index in [0.717, 1.165) is 25.9 Å². The largest absolute Gasteiger partial charge is 0.492 e. The summed E-state index contributed by atoms with van der Waals surface area (Å²) < 4.78 is 5.46. The van der Waals surface area contributed by atoms with Crippen molar-refractivity contribution in [2.75, 3.05) is 25.0 Å². The summed E-state index contributed by atoms with van der Waals surface area (Å²) in [5, 5.41) is 3.43. The fourth-order valence-electron chi connectivity index (χ4n) is 2.00. The quantitative estimate of drug-likeness (QED) is 0.913. The Morgan fingerprint density at radius 2 is 2.17 bits per heavy atom. The molecular formula is C13H17ClN2O2. The molecule has 0 unspecified atom stereocenters. The standard InChI is InChI=1S/C13H17ClN2O2/c1-2-18-12-6-5-10(14)9-11(12)15-13(17)16-7-3-4-8-16/h5-6,9H,2-4,7-8H2,1H3,(H,15,17). The van der Waals surface area contributed by atoms with E-state index in [9.17, 15) is 4.79 Å². The molecule has 1 heterocycles. The number of carbonyl (C=O) groups is 1. The van der Waals surface area contributed by atoms with E-state index in [0.29, 0.717) is 23.1 Å². The van der Waals surface area contributed by atoms with Crippen LogP contribution in [0, 0.1) is 0 Å². The van der Waals surface area contributed by atoms with Crippen LogP contribution in [-0.4, -0.2) is 30.6 Å². The number of carbonyl (C=O) groups excluding carboxylic acids is 1.